The first-order valence-corrected chi connectivity index (χ1v) is 5.28. The quantitative estimate of drug-likeness (QED) is 0.758. The van der Waals surface area contributed by atoms with Crippen LogP contribution in [0.25, 0.3) is 0 Å². The van der Waals surface area contributed by atoms with Crippen molar-refractivity contribution >= 4 is 0 Å². The summed E-state index contributed by atoms with van der Waals surface area (Å²) >= 11 is 0. The summed E-state index contributed by atoms with van der Waals surface area (Å²) in [5, 5.41) is 9.28. The van der Waals surface area contributed by atoms with Crippen molar-refractivity contribution in [1.29, 1.82) is 0 Å². The normalized spacial score (nSPS) is 36.7. The van der Waals surface area contributed by atoms with Crippen LogP contribution >= 0.6 is 0 Å². The second-order valence-corrected chi connectivity index (χ2v) is 4.37. The highest BCUT2D eigenvalue weighted by molar-refractivity contribution is 5.10. The number of hydrogen-bond acceptors (Lipinski definition) is 1. The Bertz CT molecular complexity index is 264. The van der Waals surface area contributed by atoms with Crippen LogP contribution in [0.1, 0.15) is 33.1 Å². The van der Waals surface area contributed by atoms with Crippen molar-refractivity contribution in [3.05, 3.63) is 0 Å². The maximum absolute atomic E-state index is 13.6. The fraction of sp³-hybridized carbons (Fsp3) is 1.00. The first kappa shape index (κ1) is 16.5. The Balaban J connectivity index is 0.00000256. The zero-order valence-corrected chi connectivity index (χ0v) is 9.52. The molecule has 17 heavy (non-hydrogen) atoms. The van der Waals surface area contributed by atoms with Crippen molar-refractivity contribution in [1.82, 2.24) is 0 Å². The van der Waals surface area contributed by atoms with Gasteiger partial charge >= 0.3 is 6.18 Å². The van der Waals surface area contributed by atoms with Crippen LogP contribution in [0.4, 0.5) is 26.7 Å². The van der Waals surface area contributed by atoms with E-state index in [1.54, 1.807) is 6.92 Å². The molecule has 0 amide bonds. The topological polar surface area (TPSA) is 20.2 Å². The minimum absolute atomic E-state index is 0. The van der Waals surface area contributed by atoms with E-state index in [2.05, 4.69) is 0 Å². The first-order chi connectivity index (χ1) is 7.11. The molecule has 0 aromatic rings. The molecule has 3 unspecified atom stereocenters. The Morgan fingerprint density at radius 1 is 1.18 bits per heavy atom. The number of alkyl halides is 5. The van der Waals surface area contributed by atoms with Crippen molar-refractivity contribution in [3.63, 3.8) is 0 Å². The van der Waals surface area contributed by atoms with Crippen LogP contribution < -0.4 is 0 Å². The van der Waals surface area contributed by atoms with Gasteiger partial charge in [0.15, 0.2) is 0 Å². The summed E-state index contributed by atoms with van der Waals surface area (Å²) in [6.45, 7) is 2.98. The average molecular weight is 266 g/mol. The molecule has 1 N–H and O–H groups in total. The fourth-order valence-corrected chi connectivity index (χ4v) is 2.58. The highest BCUT2D eigenvalue weighted by Crippen LogP contribution is 2.58. The molecule has 0 aromatic carbocycles. The molecule has 0 saturated heterocycles. The van der Waals surface area contributed by atoms with Gasteiger partial charge in [0, 0.05) is 5.92 Å². The van der Waals surface area contributed by atoms with E-state index < -0.39 is 36.0 Å². The zero-order valence-electron chi connectivity index (χ0n) is 9.52. The van der Waals surface area contributed by atoms with E-state index in [0.29, 0.717) is 0 Å². The first-order valence-electron chi connectivity index (χ1n) is 5.28. The van der Waals surface area contributed by atoms with Gasteiger partial charge in [-0.3, -0.25) is 4.70 Å². The van der Waals surface area contributed by atoms with E-state index in [9.17, 15) is 27.1 Å². The molecule has 1 nitrogen and oxygen atoms in total. The van der Waals surface area contributed by atoms with E-state index in [0.717, 1.165) is 0 Å². The summed E-state index contributed by atoms with van der Waals surface area (Å²) in [6, 6.07) is 0. The van der Waals surface area contributed by atoms with Gasteiger partial charge in [-0.2, -0.15) is 13.2 Å². The summed E-state index contributed by atoms with van der Waals surface area (Å²) in [5.74, 6) is -6.28. The maximum atomic E-state index is 13.6. The van der Waals surface area contributed by atoms with Crippen LogP contribution in [0.3, 0.4) is 0 Å². The predicted molar refractivity (Wildman–Crippen MR) is 50.6 cm³/mol. The van der Waals surface area contributed by atoms with Gasteiger partial charge in [-0.25, -0.2) is 8.78 Å². The highest BCUT2D eigenvalue weighted by atomic mass is 19.4. The lowest BCUT2D eigenvalue weighted by Crippen LogP contribution is -2.57. The molecule has 0 aromatic heterocycles. The third kappa shape index (κ3) is 2.13. The van der Waals surface area contributed by atoms with Crippen molar-refractivity contribution in [2.45, 2.75) is 50.8 Å². The summed E-state index contributed by atoms with van der Waals surface area (Å²) in [7, 11) is 0. The molecule has 104 valence electrons. The summed E-state index contributed by atoms with van der Waals surface area (Å²) < 4.78 is 64.8. The number of rotatable bonds is 2. The summed E-state index contributed by atoms with van der Waals surface area (Å²) in [4.78, 5) is 0. The summed E-state index contributed by atoms with van der Waals surface area (Å²) in [5.41, 5.74) is -3.86. The van der Waals surface area contributed by atoms with E-state index in [4.69, 9.17) is 0 Å². The number of hydrogen-bond donors (Lipinski definition) is 1. The van der Waals surface area contributed by atoms with E-state index >= 15 is 0 Å². The number of halogens is 6. The largest absolute Gasteiger partial charge is 0.423 e. The van der Waals surface area contributed by atoms with Crippen LogP contribution in [0.2, 0.25) is 0 Å². The molecule has 1 fully saturated rings. The maximum Gasteiger partial charge on any atom is 0.423 e. The molecule has 0 bridgehead atoms. The second kappa shape index (κ2) is 4.66. The van der Waals surface area contributed by atoms with Gasteiger partial charge in [0.2, 0.25) is 5.60 Å². The highest BCUT2D eigenvalue weighted by Gasteiger charge is 2.76. The number of aliphatic hydroxyl groups is 1. The summed E-state index contributed by atoms with van der Waals surface area (Å²) in [6.07, 6.45) is -6.04. The van der Waals surface area contributed by atoms with Gasteiger partial charge in [-0.05, 0) is 18.8 Å². The molecule has 1 saturated carbocycles. The lowest BCUT2D eigenvalue weighted by molar-refractivity contribution is -0.326. The van der Waals surface area contributed by atoms with Gasteiger partial charge in [0.1, 0.15) is 0 Å². The Labute approximate surface area is 95.4 Å². The minimum atomic E-state index is -5.28. The van der Waals surface area contributed by atoms with E-state index in [1.165, 1.54) is 6.92 Å². The molecular formula is C10H16F6O. The van der Waals surface area contributed by atoms with Gasteiger partial charge in [-0.15, -0.1) is 0 Å². The van der Waals surface area contributed by atoms with Gasteiger partial charge in [0.05, 0.1) is 0 Å². The Kier molecular flexibility index (Phi) is 4.54. The average Bonchev–Trinajstić information content (AvgIpc) is 2.34. The molecule has 1 aliphatic rings. The van der Waals surface area contributed by atoms with Crippen LogP contribution in [-0.4, -0.2) is 22.8 Å². The Hall–Kier alpha value is -0.460. The van der Waals surface area contributed by atoms with Crippen LogP contribution in [0, 0.1) is 11.8 Å². The van der Waals surface area contributed by atoms with Gasteiger partial charge in [0.25, 0.3) is 5.92 Å². The van der Waals surface area contributed by atoms with Crippen molar-refractivity contribution in [3.8, 4) is 0 Å². The monoisotopic (exact) mass is 266 g/mol. The molecule has 0 aliphatic heterocycles. The second-order valence-electron chi connectivity index (χ2n) is 4.37. The third-order valence-electron chi connectivity index (χ3n) is 3.58. The van der Waals surface area contributed by atoms with Crippen molar-refractivity contribution in [2.75, 3.05) is 0 Å². The van der Waals surface area contributed by atoms with Crippen LogP contribution in [-0.2, 0) is 0 Å². The lowest BCUT2D eigenvalue weighted by Gasteiger charge is -2.33. The Morgan fingerprint density at radius 2 is 1.65 bits per heavy atom. The predicted octanol–water partition coefficient (Wildman–Crippen LogP) is 3.52. The molecule has 0 radical (unpaired) electrons. The van der Waals surface area contributed by atoms with Crippen molar-refractivity contribution in [2.24, 2.45) is 11.8 Å². The molecule has 3 atom stereocenters. The molecule has 0 spiro atoms. The fourth-order valence-electron chi connectivity index (χ4n) is 2.58. The SMILES string of the molecule is CCC1CC(O)(C(F)(F)F)C(F)(F)C1CC.F. The van der Waals surface area contributed by atoms with E-state index in [-0.39, 0.29) is 17.5 Å². The Morgan fingerprint density at radius 3 is 1.88 bits per heavy atom. The molecule has 1 aliphatic carbocycles. The molecule has 1 rings (SSSR count). The van der Waals surface area contributed by atoms with Gasteiger partial charge < -0.3 is 5.11 Å². The van der Waals surface area contributed by atoms with Gasteiger partial charge in [-0.1, -0.05) is 20.3 Å². The van der Waals surface area contributed by atoms with Crippen LogP contribution in [0.5, 0.6) is 0 Å². The van der Waals surface area contributed by atoms with Crippen LogP contribution in [0.15, 0.2) is 0 Å². The molecule has 0 heterocycles. The standard InChI is InChI=1S/C10H15F5O.FH/c1-3-6-5-8(16,10(13,14)15)9(11,12)7(6)4-2;/h6-7,16H,3-5H2,1-2H3;1H. The zero-order chi connectivity index (χ0) is 12.8. The minimum Gasteiger partial charge on any atom is -0.376 e. The molecule has 7 heteroatoms. The van der Waals surface area contributed by atoms with Crippen molar-refractivity contribution < 1.29 is 31.8 Å². The lowest BCUT2D eigenvalue weighted by atomic mass is 9.89. The smallest absolute Gasteiger partial charge is 0.376 e. The third-order valence-corrected chi connectivity index (χ3v) is 3.58. The van der Waals surface area contributed by atoms with E-state index in [1.807, 2.05) is 0 Å². The molecular weight excluding hydrogens is 250 g/mol.